The maximum Gasteiger partial charge on any atom is 0.256 e. The van der Waals surface area contributed by atoms with Gasteiger partial charge in [0.1, 0.15) is 5.82 Å². The van der Waals surface area contributed by atoms with Gasteiger partial charge in [0.15, 0.2) is 0 Å². The third-order valence-corrected chi connectivity index (χ3v) is 6.96. The SMILES string of the molecule is Cc1[nH]c(/C=C2\C(=O)Nc3ccc(F)cc32)c(C)c1C(=O)NC1CCC(NS(C)(=O)=O)CC1. The summed E-state index contributed by atoms with van der Waals surface area (Å²) in [4.78, 5) is 28.6. The van der Waals surface area contributed by atoms with Gasteiger partial charge in [-0.3, -0.25) is 9.59 Å². The smallest absolute Gasteiger partial charge is 0.256 e. The first kappa shape index (κ1) is 23.2. The van der Waals surface area contributed by atoms with Gasteiger partial charge in [-0.1, -0.05) is 0 Å². The Kier molecular flexibility index (Phi) is 6.15. The van der Waals surface area contributed by atoms with E-state index in [0.29, 0.717) is 65.0 Å². The van der Waals surface area contributed by atoms with Crippen molar-refractivity contribution in [1.82, 2.24) is 15.0 Å². The van der Waals surface area contributed by atoms with Crippen LogP contribution in [0.1, 0.15) is 58.6 Å². The lowest BCUT2D eigenvalue weighted by Gasteiger charge is -2.29. The van der Waals surface area contributed by atoms with Gasteiger partial charge in [0.2, 0.25) is 10.0 Å². The van der Waals surface area contributed by atoms with Crippen molar-refractivity contribution in [3.63, 3.8) is 0 Å². The molecule has 10 heteroatoms. The number of nitrogens with one attached hydrogen (secondary N) is 4. The first-order valence-corrected chi connectivity index (χ1v) is 12.7. The van der Waals surface area contributed by atoms with Crippen LogP contribution in [0.15, 0.2) is 18.2 Å². The fraction of sp³-hybridized carbons (Fsp3) is 0.391. The molecule has 1 aliphatic carbocycles. The minimum Gasteiger partial charge on any atom is -0.358 e. The Morgan fingerprint density at radius 3 is 2.48 bits per heavy atom. The monoisotopic (exact) mass is 474 g/mol. The van der Waals surface area contributed by atoms with Crippen molar-refractivity contribution in [1.29, 1.82) is 0 Å². The molecule has 176 valence electrons. The molecule has 1 aromatic carbocycles. The highest BCUT2D eigenvalue weighted by Gasteiger charge is 2.28. The van der Waals surface area contributed by atoms with Crippen molar-refractivity contribution >= 4 is 39.2 Å². The van der Waals surface area contributed by atoms with Crippen molar-refractivity contribution in [2.75, 3.05) is 11.6 Å². The summed E-state index contributed by atoms with van der Waals surface area (Å²) in [6.07, 6.45) is 5.47. The number of H-pyrrole nitrogens is 1. The molecule has 33 heavy (non-hydrogen) atoms. The Labute approximate surface area is 192 Å². The third kappa shape index (κ3) is 5.01. The van der Waals surface area contributed by atoms with Crippen LogP contribution in [0.25, 0.3) is 11.6 Å². The number of hydrogen-bond donors (Lipinski definition) is 4. The molecule has 0 saturated heterocycles. The van der Waals surface area contributed by atoms with Crippen LogP contribution in [0.2, 0.25) is 0 Å². The molecule has 2 heterocycles. The van der Waals surface area contributed by atoms with E-state index in [1.54, 1.807) is 19.9 Å². The highest BCUT2D eigenvalue weighted by Crippen LogP contribution is 2.34. The third-order valence-electron chi connectivity index (χ3n) is 6.20. The Morgan fingerprint density at radius 2 is 1.82 bits per heavy atom. The topological polar surface area (TPSA) is 120 Å². The number of carbonyl (C=O) groups is 2. The van der Waals surface area contributed by atoms with E-state index < -0.39 is 15.8 Å². The van der Waals surface area contributed by atoms with E-state index in [9.17, 15) is 22.4 Å². The summed E-state index contributed by atoms with van der Waals surface area (Å²) in [5, 5.41) is 5.77. The lowest BCUT2D eigenvalue weighted by Crippen LogP contribution is -2.43. The number of benzene rings is 1. The summed E-state index contributed by atoms with van der Waals surface area (Å²) in [6.45, 7) is 3.59. The summed E-state index contributed by atoms with van der Waals surface area (Å²) in [5.74, 6) is -0.975. The molecule has 2 aromatic rings. The molecule has 0 radical (unpaired) electrons. The number of aryl methyl sites for hydroxylation is 1. The number of aromatic nitrogens is 1. The second-order valence-corrected chi connectivity index (χ2v) is 10.6. The zero-order valence-corrected chi connectivity index (χ0v) is 19.5. The Bertz CT molecular complexity index is 1260. The Balaban J connectivity index is 1.50. The zero-order chi connectivity index (χ0) is 23.9. The van der Waals surface area contributed by atoms with Crippen molar-refractivity contribution in [3.05, 3.63) is 52.1 Å². The van der Waals surface area contributed by atoms with Gasteiger partial charge < -0.3 is 15.6 Å². The molecule has 0 unspecified atom stereocenters. The number of halogens is 1. The number of fused-ring (bicyclic) bond motifs is 1. The molecule has 0 spiro atoms. The maximum absolute atomic E-state index is 13.7. The predicted molar refractivity (Wildman–Crippen MR) is 125 cm³/mol. The van der Waals surface area contributed by atoms with E-state index in [0.717, 1.165) is 6.26 Å². The van der Waals surface area contributed by atoms with Crippen LogP contribution in [0.3, 0.4) is 0 Å². The van der Waals surface area contributed by atoms with Gasteiger partial charge in [0.05, 0.1) is 17.4 Å². The number of aromatic amines is 1. The van der Waals surface area contributed by atoms with Gasteiger partial charge in [0, 0.05) is 34.7 Å². The van der Waals surface area contributed by atoms with E-state index in [2.05, 4.69) is 20.3 Å². The molecule has 1 fully saturated rings. The highest BCUT2D eigenvalue weighted by atomic mass is 32.2. The van der Waals surface area contributed by atoms with E-state index in [4.69, 9.17) is 0 Å². The molecule has 2 aliphatic rings. The van der Waals surface area contributed by atoms with Crippen molar-refractivity contribution < 1.29 is 22.4 Å². The highest BCUT2D eigenvalue weighted by molar-refractivity contribution is 7.88. The molecule has 0 bridgehead atoms. The molecule has 4 rings (SSSR count). The van der Waals surface area contributed by atoms with Crippen LogP contribution >= 0.6 is 0 Å². The molecular weight excluding hydrogens is 447 g/mol. The first-order chi connectivity index (χ1) is 15.5. The number of carbonyl (C=O) groups excluding carboxylic acids is 2. The van der Waals surface area contributed by atoms with Crippen molar-refractivity contribution in [3.8, 4) is 0 Å². The van der Waals surface area contributed by atoms with Gasteiger partial charge in [0.25, 0.3) is 11.8 Å². The quantitative estimate of drug-likeness (QED) is 0.498. The number of anilines is 1. The molecular formula is C23H27FN4O4S. The van der Waals surface area contributed by atoms with Gasteiger partial charge in [-0.25, -0.2) is 17.5 Å². The lowest BCUT2D eigenvalue weighted by atomic mass is 9.91. The Hall–Kier alpha value is -2.98. The summed E-state index contributed by atoms with van der Waals surface area (Å²) in [5.41, 5.74) is 3.85. The number of rotatable bonds is 5. The van der Waals surface area contributed by atoms with Crippen molar-refractivity contribution in [2.45, 2.75) is 51.6 Å². The number of sulfonamides is 1. The molecule has 4 N–H and O–H groups in total. The second kappa shape index (κ2) is 8.75. The average Bonchev–Trinajstić information content (AvgIpc) is 3.18. The Morgan fingerprint density at radius 1 is 1.15 bits per heavy atom. The van der Waals surface area contributed by atoms with Crippen LogP contribution < -0.4 is 15.4 Å². The summed E-state index contributed by atoms with van der Waals surface area (Å²) < 4.78 is 39.2. The summed E-state index contributed by atoms with van der Waals surface area (Å²) in [7, 11) is -3.25. The molecule has 1 aliphatic heterocycles. The van der Waals surface area contributed by atoms with Crippen molar-refractivity contribution in [2.24, 2.45) is 0 Å². The summed E-state index contributed by atoms with van der Waals surface area (Å²) in [6, 6.07) is 3.98. The van der Waals surface area contributed by atoms with Gasteiger partial charge in [-0.05, 0) is 69.4 Å². The molecule has 1 saturated carbocycles. The number of hydrogen-bond acceptors (Lipinski definition) is 4. The normalized spacial score (nSPS) is 21.7. The minimum absolute atomic E-state index is 0.0407. The fourth-order valence-electron chi connectivity index (χ4n) is 4.62. The molecule has 0 atom stereocenters. The van der Waals surface area contributed by atoms with E-state index in [1.165, 1.54) is 18.2 Å². The summed E-state index contributed by atoms with van der Waals surface area (Å²) >= 11 is 0. The largest absolute Gasteiger partial charge is 0.358 e. The van der Waals surface area contributed by atoms with E-state index >= 15 is 0 Å². The van der Waals surface area contributed by atoms with Gasteiger partial charge in [-0.15, -0.1) is 0 Å². The van der Waals surface area contributed by atoms with Crippen LogP contribution in [-0.2, 0) is 14.8 Å². The molecule has 2 amide bonds. The first-order valence-electron chi connectivity index (χ1n) is 10.8. The zero-order valence-electron chi connectivity index (χ0n) is 18.7. The molecule has 8 nitrogen and oxygen atoms in total. The van der Waals surface area contributed by atoms with Crippen LogP contribution in [0.5, 0.6) is 0 Å². The minimum atomic E-state index is -3.25. The number of amides is 2. The molecule has 1 aromatic heterocycles. The van der Waals surface area contributed by atoms with E-state index in [1.807, 2.05) is 0 Å². The second-order valence-electron chi connectivity index (χ2n) is 8.78. The van der Waals surface area contributed by atoms with Crippen LogP contribution in [-0.4, -0.2) is 43.6 Å². The predicted octanol–water partition coefficient (Wildman–Crippen LogP) is 2.85. The van der Waals surface area contributed by atoms with E-state index in [-0.39, 0.29) is 23.9 Å². The van der Waals surface area contributed by atoms with Crippen LogP contribution in [0.4, 0.5) is 10.1 Å². The lowest BCUT2D eigenvalue weighted by molar-refractivity contribution is -0.110. The van der Waals surface area contributed by atoms with Gasteiger partial charge in [-0.2, -0.15) is 0 Å². The fourth-order valence-corrected chi connectivity index (χ4v) is 5.46. The van der Waals surface area contributed by atoms with Gasteiger partial charge >= 0.3 is 0 Å². The maximum atomic E-state index is 13.7. The average molecular weight is 475 g/mol. The van der Waals surface area contributed by atoms with Crippen LogP contribution in [0, 0.1) is 19.7 Å². The standard InChI is InChI=1S/C23H27FN4O4S/c1-12-20(11-18-17-10-14(24)4-9-19(17)27-22(18)29)25-13(2)21(12)23(30)26-15-5-7-16(8-6-15)28-33(3,31)32/h4,9-11,15-16,25,28H,5-8H2,1-3H3,(H,26,30)(H,27,29)/b18-11-.